The first-order valence-electron chi connectivity index (χ1n) is 7.43. The highest BCUT2D eigenvalue weighted by atomic mass is 35.5. The zero-order valence-corrected chi connectivity index (χ0v) is 15.5. The van der Waals surface area contributed by atoms with Crippen LogP contribution < -0.4 is 5.32 Å². The van der Waals surface area contributed by atoms with Crippen LogP contribution in [0.4, 0.5) is 0 Å². The Morgan fingerprint density at radius 3 is 2.46 bits per heavy atom. The van der Waals surface area contributed by atoms with Gasteiger partial charge >= 0.3 is 0 Å². The number of carbonyl (C=O) groups excluding carboxylic acids is 1. The van der Waals surface area contributed by atoms with Crippen molar-refractivity contribution in [3.8, 4) is 0 Å². The van der Waals surface area contributed by atoms with E-state index in [1.54, 1.807) is 18.2 Å². The van der Waals surface area contributed by atoms with Crippen LogP contribution in [-0.4, -0.2) is 23.5 Å². The van der Waals surface area contributed by atoms with Crippen LogP contribution >= 0.6 is 35.6 Å². The Morgan fingerprint density at radius 2 is 1.83 bits per heavy atom. The molecule has 2 rings (SSSR count). The van der Waals surface area contributed by atoms with Crippen molar-refractivity contribution in [2.75, 3.05) is 6.54 Å². The summed E-state index contributed by atoms with van der Waals surface area (Å²) in [5.41, 5.74) is 1.31. The second kappa shape index (κ2) is 10.0. The van der Waals surface area contributed by atoms with Crippen LogP contribution in [-0.2, 0) is 0 Å². The Bertz CT molecular complexity index is 665. The molecule has 0 saturated carbocycles. The summed E-state index contributed by atoms with van der Waals surface area (Å²) >= 11 is 11.9. The fourth-order valence-electron chi connectivity index (χ4n) is 2.31. The van der Waals surface area contributed by atoms with E-state index in [0.29, 0.717) is 28.6 Å². The van der Waals surface area contributed by atoms with E-state index in [1.807, 2.05) is 37.3 Å². The predicted molar refractivity (Wildman–Crippen MR) is 102 cm³/mol. The van der Waals surface area contributed by atoms with Gasteiger partial charge in [-0.2, -0.15) is 0 Å². The molecule has 2 atom stereocenters. The van der Waals surface area contributed by atoms with E-state index in [0.717, 1.165) is 5.56 Å². The highest BCUT2D eigenvalue weighted by Gasteiger charge is 2.16. The van der Waals surface area contributed by atoms with Gasteiger partial charge in [0.2, 0.25) is 0 Å². The first-order valence-corrected chi connectivity index (χ1v) is 8.19. The number of halogens is 3. The standard InChI is InChI=1S/C18H19Cl2NO2.ClH/c1-12(18(23)13-5-3-2-4-6-13)21-10-9-17(22)15-8-7-14(19)11-16(15)20;/h2-8,11-12,18,21,23H,9-10H2,1H3;1H/t12-,18-;/m1./s1. The third-order valence-electron chi connectivity index (χ3n) is 3.66. The largest absolute Gasteiger partial charge is 0.387 e. The van der Waals surface area contributed by atoms with Gasteiger partial charge < -0.3 is 10.4 Å². The number of benzene rings is 2. The maximum Gasteiger partial charge on any atom is 0.165 e. The van der Waals surface area contributed by atoms with Crippen molar-refractivity contribution in [1.82, 2.24) is 5.32 Å². The molecule has 130 valence electrons. The third-order valence-corrected chi connectivity index (χ3v) is 4.21. The summed E-state index contributed by atoms with van der Waals surface area (Å²) in [5, 5.41) is 14.3. The smallest absolute Gasteiger partial charge is 0.165 e. The molecule has 0 fully saturated rings. The molecule has 0 unspecified atom stereocenters. The van der Waals surface area contributed by atoms with Crippen molar-refractivity contribution >= 4 is 41.4 Å². The van der Waals surface area contributed by atoms with Gasteiger partial charge in [-0.25, -0.2) is 0 Å². The second-order valence-electron chi connectivity index (χ2n) is 5.40. The summed E-state index contributed by atoms with van der Waals surface area (Å²) in [4.78, 5) is 12.2. The fourth-order valence-corrected chi connectivity index (χ4v) is 2.83. The van der Waals surface area contributed by atoms with Crippen LogP contribution in [0.5, 0.6) is 0 Å². The van der Waals surface area contributed by atoms with E-state index in [1.165, 1.54) is 0 Å². The van der Waals surface area contributed by atoms with Crippen molar-refractivity contribution in [2.45, 2.75) is 25.5 Å². The first kappa shape index (κ1) is 20.9. The number of carbonyl (C=O) groups is 1. The average Bonchev–Trinajstić information content (AvgIpc) is 2.54. The summed E-state index contributed by atoms with van der Waals surface area (Å²) in [6.07, 6.45) is -0.321. The number of nitrogens with one attached hydrogen (secondary N) is 1. The molecular weight excluding hydrogens is 369 g/mol. The molecule has 0 radical (unpaired) electrons. The lowest BCUT2D eigenvalue weighted by molar-refractivity contribution is 0.0972. The van der Waals surface area contributed by atoms with Crippen LogP contribution in [0.2, 0.25) is 10.0 Å². The average molecular weight is 389 g/mol. The number of hydrogen-bond donors (Lipinski definition) is 2. The van der Waals surface area contributed by atoms with Crippen molar-refractivity contribution in [2.24, 2.45) is 0 Å². The number of aliphatic hydroxyl groups excluding tert-OH is 1. The quantitative estimate of drug-likeness (QED) is 0.676. The van der Waals surface area contributed by atoms with Gasteiger partial charge in [-0.05, 0) is 30.7 Å². The molecule has 0 aliphatic carbocycles. The van der Waals surface area contributed by atoms with Crippen LogP contribution in [0, 0.1) is 0 Å². The van der Waals surface area contributed by atoms with E-state index in [4.69, 9.17) is 23.2 Å². The zero-order chi connectivity index (χ0) is 16.8. The van der Waals surface area contributed by atoms with E-state index in [2.05, 4.69) is 5.32 Å². The van der Waals surface area contributed by atoms with E-state index >= 15 is 0 Å². The molecule has 0 aromatic heterocycles. The molecule has 0 amide bonds. The maximum absolute atomic E-state index is 12.2. The lowest BCUT2D eigenvalue weighted by atomic mass is 10.0. The Labute approximate surface area is 158 Å². The van der Waals surface area contributed by atoms with Crippen LogP contribution in [0.3, 0.4) is 0 Å². The summed E-state index contributed by atoms with van der Waals surface area (Å²) in [5.74, 6) is -0.0550. The second-order valence-corrected chi connectivity index (χ2v) is 6.24. The molecule has 0 spiro atoms. The predicted octanol–water partition coefficient (Wildman–Crippen LogP) is 4.70. The molecule has 2 N–H and O–H groups in total. The molecule has 24 heavy (non-hydrogen) atoms. The van der Waals surface area contributed by atoms with E-state index < -0.39 is 6.10 Å². The van der Waals surface area contributed by atoms with Crippen LogP contribution in [0.25, 0.3) is 0 Å². The molecule has 3 nitrogen and oxygen atoms in total. The number of aliphatic hydroxyl groups is 1. The number of Topliss-reactive ketones (excluding diaryl/α,β-unsaturated/α-hetero) is 1. The van der Waals surface area contributed by atoms with Crippen LogP contribution in [0.15, 0.2) is 48.5 Å². The molecule has 0 aliphatic rings. The summed E-state index contributed by atoms with van der Waals surface area (Å²) in [6.45, 7) is 2.35. The maximum atomic E-state index is 12.2. The topological polar surface area (TPSA) is 49.3 Å². The Hall–Kier alpha value is -1.10. The van der Waals surface area contributed by atoms with E-state index in [-0.39, 0.29) is 24.2 Å². The molecule has 2 aromatic rings. The molecule has 2 aromatic carbocycles. The van der Waals surface area contributed by atoms with Gasteiger partial charge in [-0.1, -0.05) is 53.5 Å². The van der Waals surface area contributed by atoms with Crippen molar-refractivity contribution in [3.05, 3.63) is 69.7 Å². The molecule has 0 saturated heterocycles. The van der Waals surface area contributed by atoms with Gasteiger partial charge in [0.05, 0.1) is 11.1 Å². The number of rotatable bonds is 7. The lowest BCUT2D eigenvalue weighted by Gasteiger charge is -2.20. The molecule has 0 bridgehead atoms. The molecule has 6 heteroatoms. The number of ketones is 1. The summed E-state index contributed by atoms with van der Waals surface area (Å²) in [6, 6.07) is 14.1. The monoisotopic (exact) mass is 387 g/mol. The van der Waals surface area contributed by atoms with Gasteiger partial charge in [0, 0.05) is 29.6 Å². The lowest BCUT2D eigenvalue weighted by Crippen LogP contribution is -2.33. The number of hydrogen-bond acceptors (Lipinski definition) is 3. The van der Waals surface area contributed by atoms with Gasteiger partial charge in [-0.15, -0.1) is 12.4 Å². The highest BCUT2D eigenvalue weighted by Crippen LogP contribution is 2.22. The molecule has 0 aliphatic heterocycles. The summed E-state index contributed by atoms with van der Waals surface area (Å²) in [7, 11) is 0. The van der Waals surface area contributed by atoms with Crippen molar-refractivity contribution in [3.63, 3.8) is 0 Å². The van der Waals surface area contributed by atoms with Crippen molar-refractivity contribution in [1.29, 1.82) is 0 Å². The van der Waals surface area contributed by atoms with Gasteiger partial charge in [0.15, 0.2) is 5.78 Å². The first-order chi connectivity index (χ1) is 11.0. The Kier molecular flexibility index (Phi) is 8.74. The van der Waals surface area contributed by atoms with Gasteiger partial charge in [0.25, 0.3) is 0 Å². The zero-order valence-electron chi connectivity index (χ0n) is 13.2. The van der Waals surface area contributed by atoms with Crippen molar-refractivity contribution < 1.29 is 9.90 Å². The van der Waals surface area contributed by atoms with Gasteiger partial charge in [0.1, 0.15) is 0 Å². The normalized spacial score (nSPS) is 13.0. The highest BCUT2D eigenvalue weighted by molar-refractivity contribution is 6.36. The summed E-state index contributed by atoms with van der Waals surface area (Å²) < 4.78 is 0. The fraction of sp³-hybridized carbons (Fsp3) is 0.278. The third kappa shape index (κ3) is 5.76. The molecular formula is C18H20Cl3NO2. The SMILES string of the molecule is C[C@@H](NCCC(=O)c1ccc(Cl)cc1Cl)[C@@H](O)c1ccccc1.Cl. The van der Waals surface area contributed by atoms with Gasteiger partial charge in [-0.3, -0.25) is 4.79 Å². The minimum Gasteiger partial charge on any atom is -0.387 e. The minimum absolute atomic E-state index is 0. The molecule has 0 heterocycles. The van der Waals surface area contributed by atoms with Crippen LogP contribution in [0.1, 0.15) is 35.4 Å². The Morgan fingerprint density at radius 1 is 1.17 bits per heavy atom. The minimum atomic E-state index is -0.620. The Balaban J connectivity index is 0.00000288. The van der Waals surface area contributed by atoms with E-state index in [9.17, 15) is 9.90 Å².